The first kappa shape index (κ1) is 14.7. The van der Waals surface area contributed by atoms with E-state index in [0.29, 0.717) is 31.8 Å². The van der Waals surface area contributed by atoms with Crippen LogP contribution in [0.15, 0.2) is 47.1 Å². The van der Waals surface area contributed by atoms with Crippen molar-refractivity contribution in [3.05, 3.63) is 59.5 Å². The highest BCUT2D eigenvalue weighted by Gasteiger charge is 2.40. The third-order valence-electron chi connectivity index (χ3n) is 4.18. The van der Waals surface area contributed by atoms with Crippen LogP contribution in [0.1, 0.15) is 23.3 Å². The summed E-state index contributed by atoms with van der Waals surface area (Å²) in [5.41, 5.74) is 0.979. The van der Waals surface area contributed by atoms with E-state index in [0.717, 1.165) is 11.1 Å². The molecule has 2 heterocycles. The second-order valence-corrected chi connectivity index (χ2v) is 5.76. The number of likely N-dealkylation sites (tertiary alicyclic amines) is 1. The Bertz CT molecular complexity index is 654. The molecule has 0 saturated carbocycles. The SMILES string of the molecule is Cc1ccccc1[C@@]1(O)CCN(C(=O)NCc2ccco2)C1. The van der Waals surface area contributed by atoms with Gasteiger partial charge in [0.25, 0.3) is 0 Å². The Morgan fingerprint density at radius 3 is 2.91 bits per heavy atom. The Morgan fingerprint density at radius 1 is 1.36 bits per heavy atom. The van der Waals surface area contributed by atoms with Crippen molar-refractivity contribution >= 4 is 6.03 Å². The second kappa shape index (κ2) is 5.85. The van der Waals surface area contributed by atoms with Crippen molar-refractivity contribution in [2.24, 2.45) is 0 Å². The number of furan rings is 1. The van der Waals surface area contributed by atoms with Crippen molar-refractivity contribution in [1.82, 2.24) is 10.2 Å². The summed E-state index contributed by atoms with van der Waals surface area (Å²) in [6, 6.07) is 11.2. The van der Waals surface area contributed by atoms with Crippen LogP contribution in [-0.2, 0) is 12.1 Å². The van der Waals surface area contributed by atoms with Gasteiger partial charge in [-0.15, -0.1) is 0 Å². The number of aliphatic hydroxyl groups is 1. The molecular weight excluding hydrogens is 280 g/mol. The Balaban J connectivity index is 1.64. The van der Waals surface area contributed by atoms with Crippen molar-refractivity contribution in [3.8, 4) is 0 Å². The smallest absolute Gasteiger partial charge is 0.317 e. The van der Waals surface area contributed by atoms with E-state index in [1.165, 1.54) is 0 Å². The molecule has 5 nitrogen and oxygen atoms in total. The van der Waals surface area contributed by atoms with E-state index in [-0.39, 0.29) is 6.03 Å². The van der Waals surface area contributed by atoms with E-state index >= 15 is 0 Å². The summed E-state index contributed by atoms with van der Waals surface area (Å²) in [6.07, 6.45) is 2.13. The number of rotatable bonds is 3. The minimum absolute atomic E-state index is 0.180. The van der Waals surface area contributed by atoms with Gasteiger partial charge in [0.15, 0.2) is 0 Å². The summed E-state index contributed by atoms with van der Waals surface area (Å²) in [4.78, 5) is 13.9. The zero-order valence-corrected chi connectivity index (χ0v) is 12.6. The second-order valence-electron chi connectivity index (χ2n) is 5.76. The van der Waals surface area contributed by atoms with E-state index in [1.807, 2.05) is 37.3 Å². The standard InChI is InChI=1S/C17H20N2O3/c1-13-5-2-3-7-15(13)17(21)8-9-19(12-17)16(20)18-11-14-6-4-10-22-14/h2-7,10,21H,8-9,11-12H2,1H3,(H,18,20)/t17-/m1/s1. The van der Waals surface area contributed by atoms with Crippen molar-refractivity contribution < 1.29 is 14.3 Å². The van der Waals surface area contributed by atoms with Gasteiger partial charge in [0.1, 0.15) is 11.4 Å². The van der Waals surface area contributed by atoms with Crippen molar-refractivity contribution in [2.45, 2.75) is 25.5 Å². The monoisotopic (exact) mass is 300 g/mol. The molecule has 2 amide bonds. The lowest BCUT2D eigenvalue weighted by Gasteiger charge is -2.25. The van der Waals surface area contributed by atoms with Gasteiger partial charge in [-0.3, -0.25) is 0 Å². The number of benzene rings is 1. The summed E-state index contributed by atoms with van der Waals surface area (Å²) >= 11 is 0. The molecule has 3 rings (SSSR count). The number of amides is 2. The molecule has 0 bridgehead atoms. The lowest BCUT2D eigenvalue weighted by atomic mass is 9.89. The molecule has 1 aromatic carbocycles. The number of hydrogen-bond acceptors (Lipinski definition) is 3. The summed E-state index contributed by atoms with van der Waals surface area (Å²) in [5, 5.41) is 13.7. The highest BCUT2D eigenvalue weighted by molar-refractivity contribution is 5.74. The highest BCUT2D eigenvalue weighted by atomic mass is 16.3. The lowest BCUT2D eigenvalue weighted by Crippen LogP contribution is -2.40. The van der Waals surface area contributed by atoms with E-state index in [2.05, 4.69) is 5.32 Å². The third-order valence-corrected chi connectivity index (χ3v) is 4.18. The van der Waals surface area contributed by atoms with Crippen LogP contribution in [0.5, 0.6) is 0 Å². The van der Waals surface area contributed by atoms with Crippen LogP contribution in [0.3, 0.4) is 0 Å². The fourth-order valence-corrected chi connectivity index (χ4v) is 2.97. The summed E-state index contributed by atoms with van der Waals surface area (Å²) in [7, 11) is 0. The van der Waals surface area contributed by atoms with Crippen molar-refractivity contribution in [3.63, 3.8) is 0 Å². The van der Waals surface area contributed by atoms with Gasteiger partial charge in [0, 0.05) is 6.54 Å². The van der Waals surface area contributed by atoms with Gasteiger partial charge in [-0.05, 0) is 36.6 Å². The van der Waals surface area contributed by atoms with Gasteiger partial charge < -0.3 is 19.7 Å². The Kier molecular flexibility index (Phi) is 3.90. The molecule has 1 fully saturated rings. The fraction of sp³-hybridized carbons (Fsp3) is 0.353. The molecule has 0 aliphatic carbocycles. The minimum Gasteiger partial charge on any atom is -0.467 e. The number of nitrogens with one attached hydrogen (secondary N) is 1. The number of hydrogen-bond donors (Lipinski definition) is 2. The summed E-state index contributed by atoms with van der Waals surface area (Å²) < 4.78 is 5.19. The molecule has 1 aliphatic rings. The molecule has 1 saturated heterocycles. The van der Waals surface area contributed by atoms with Crippen LogP contribution < -0.4 is 5.32 Å². The lowest BCUT2D eigenvalue weighted by molar-refractivity contribution is 0.0487. The van der Waals surface area contributed by atoms with Crippen LogP contribution in [0.25, 0.3) is 0 Å². The van der Waals surface area contributed by atoms with Crippen LogP contribution in [-0.4, -0.2) is 29.1 Å². The third kappa shape index (κ3) is 2.85. The average molecular weight is 300 g/mol. The predicted octanol–water partition coefficient (Wildman–Crippen LogP) is 2.39. The number of carbonyl (C=O) groups excluding carboxylic acids is 1. The first-order chi connectivity index (χ1) is 10.6. The molecule has 1 atom stereocenters. The molecule has 5 heteroatoms. The average Bonchev–Trinajstić information content (AvgIpc) is 3.15. The van der Waals surface area contributed by atoms with Crippen LogP contribution in [0.2, 0.25) is 0 Å². The molecule has 22 heavy (non-hydrogen) atoms. The first-order valence-electron chi connectivity index (χ1n) is 7.42. The van der Waals surface area contributed by atoms with Crippen LogP contribution in [0.4, 0.5) is 4.79 Å². The fourth-order valence-electron chi connectivity index (χ4n) is 2.97. The summed E-state index contributed by atoms with van der Waals surface area (Å²) in [5.74, 6) is 0.710. The molecule has 1 aliphatic heterocycles. The van der Waals surface area contributed by atoms with E-state index in [1.54, 1.807) is 17.2 Å². The molecule has 1 aromatic heterocycles. The van der Waals surface area contributed by atoms with Gasteiger partial charge >= 0.3 is 6.03 Å². The number of β-amino-alcohol motifs (C(OH)–C–C–N with tert-alkyl or cyclic N) is 1. The molecule has 2 N–H and O–H groups in total. The molecule has 0 radical (unpaired) electrons. The van der Waals surface area contributed by atoms with Gasteiger partial charge in [-0.2, -0.15) is 0 Å². The maximum Gasteiger partial charge on any atom is 0.317 e. The normalized spacial score (nSPS) is 21.1. The molecule has 2 aromatic rings. The minimum atomic E-state index is -0.965. The largest absolute Gasteiger partial charge is 0.467 e. The number of nitrogens with zero attached hydrogens (tertiary/aromatic N) is 1. The Labute approximate surface area is 129 Å². The Morgan fingerprint density at radius 2 is 2.18 bits per heavy atom. The molecule has 116 valence electrons. The topological polar surface area (TPSA) is 65.7 Å². The number of aryl methyl sites for hydroxylation is 1. The highest BCUT2D eigenvalue weighted by Crippen LogP contribution is 2.33. The van der Waals surface area contributed by atoms with Crippen molar-refractivity contribution in [2.75, 3.05) is 13.1 Å². The maximum atomic E-state index is 12.2. The maximum absolute atomic E-state index is 12.2. The number of carbonyl (C=O) groups is 1. The molecular formula is C17H20N2O3. The number of urea groups is 1. The van der Waals surface area contributed by atoms with Gasteiger partial charge in [0.05, 0.1) is 19.4 Å². The van der Waals surface area contributed by atoms with Gasteiger partial charge in [-0.1, -0.05) is 24.3 Å². The molecule has 0 spiro atoms. The van der Waals surface area contributed by atoms with Crippen LogP contribution in [0, 0.1) is 6.92 Å². The zero-order valence-electron chi connectivity index (χ0n) is 12.6. The van der Waals surface area contributed by atoms with Gasteiger partial charge in [-0.25, -0.2) is 4.79 Å². The van der Waals surface area contributed by atoms with E-state index < -0.39 is 5.60 Å². The predicted molar refractivity (Wildman–Crippen MR) is 82.2 cm³/mol. The van der Waals surface area contributed by atoms with Gasteiger partial charge in [0.2, 0.25) is 0 Å². The van der Waals surface area contributed by atoms with Crippen LogP contribution >= 0.6 is 0 Å². The van der Waals surface area contributed by atoms with E-state index in [9.17, 15) is 9.90 Å². The Hall–Kier alpha value is -2.27. The van der Waals surface area contributed by atoms with Crippen molar-refractivity contribution in [1.29, 1.82) is 0 Å². The first-order valence-corrected chi connectivity index (χ1v) is 7.42. The van der Waals surface area contributed by atoms with E-state index in [4.69, 9.17) is 4.42 Å². The summed E-state index contributed by atoms with van der Waals surface area (Å²) in [6.45, 7) is 3.18. The molecule has 0 unspecified atom stereocenters. The quantitative estimate of drug-likeness (QED) is 0.914. The zero-order chi connectivity index (χ0) is 15.6.